The van der Waals surface area contributed by atoms with Gasteiger partial charge in [-0.25, -0.2) is 4.79 Å². The quantitative estimate of drug-likeness (QED) is 0.875. The van der Waals surface area contributed by atoms with Crippen LogP contribution in [0.25, 0.3) is 0 Å². The van der Waals surface area contributed by atoms with Crippen molar-refractivity contribution in [1.82, 2.24) is 9.88 Å². The number of carbonyl (C=O) groups excluding carboxylic acids is 1. The van der Waals surface area contributed by atoms with Gasteiger partial charge in [-0.1, -0.05) is 13.8 Å². The molecule has 6 heteroatoms. The number of nitrogens with zero attached hydrogens (tertiary/aromatic N) is 1. The highest BCUT2D eigenvalue weighted by Crippen LogP contribution is 2.36. The van der Waals surface area contributed by atoms with Crippen LogP contribution in [0.15, 0.2) is 16.7 Å². The number of H-pyrrole nitrogens is 1. The van der Waals surface area contributed by atoms with Crippen molar-refractivity contribution < 1.29 is 14.7 Å². The van der Waals surface area contributed by atoms with Crippen LogP contribution in [0.2, 0.25) is 0 Å². The van der Waals surface area contributed by atoms with Gasteiger partial charge in [0, 0.05) is 17.2 Å². The predicted molar refractivity (Wildman–Crippen MR) is 74.0 cm³/mol. The van der Waals surface area contributed by atoms with Crippen molar-refractivity contribution in [3.8, 4) is 0 Å². The molecule has 0 bridgehead atoms. The summed E-state index contributed by atoms with van der Waals surface area (Å²) in [5.74, 6) is -1.20. The molecule has 104 valence electrons. The first-order valence-electron chi connectivity index (χ1n) is 6.20. The van der Waals surface area contributed by atoms with Gasteiger partial charge in [0.2, 0.25) is 0 Å². The Labute approximate surface area is 120 Å². The van der Waals surface area contributed by atoms with Crippen LogP contribution in [-0.4, -0.2) is 39.5 Å². The van der Waals surface area contributed by atoms with Crippen LogP contribution < -0.4 is 0 Å². The zero-order valence-electron chi connectivity index (χ0n) is 10.9. The summed E-state index contributed by atoms with van der Waals surface area (Å²) < 4.78 is 0.777. The molecule has 2 heterocycles. The Bertz CT molecular complexity index is 510. The lowest BCUT2D eigenvalue weighted by atomic mass is 9.76. The van der Waals surface area contributed by atoms with Gasteiger partial charge < -0.3 is 15.0 Å². The van der Waals surface area contributed by atoms with Gasteiger partial charge in [0.1, 0.15) is 11.7 Å². The van der Waals surface area contributed by atoms with Crippen molar-refractivity contribution >= 4 is 27.8 Å². The molecular weight excluding hydrogens is 312 g/mol. The van der Waals surface area contributed by atoms with Crippen LogP contribution >= 0.6 is 15.9 Å². The largest absolute Gasteiger partial charge is 0.480 e. The second-order valence-corrected chi connectivity index (χ2v) is 6.48. The Kier molecular flexibility index (Phi) is 3.71. The number of carboxylic acids is 1. The van der Waals surface area contributed by atoms with Crippen molar-refractivity contribution in [3.05, 3.63) is 22.4 Å². The fourth-order valence-electron chi connectivity index (χ4n) is 2.73. The van der Waals surface area contributed by atoms with Gasteiger partial charge in [0.05, 0.1) is 0 Å². The third-order valence-corrected chi connectivity index (χ3v) is 4.10. The van der Waals surface area contributed by atoms with Crippen molar-refractivity contribution in [3.63, 3.8) is 0 Å². The number of hydrogen-bond acceptors (Lipinski definition) is 2. The van der Waals surface area contributed by atoms with E-state index >= 15 is 0 Å². The van der Waals surface area contributed by atoms with Crippen molar-refractivity contribution in [1.29, 1.82) is 0 Å². The molecule has 0 spiro atoms. The first-order chi connectivity index (χ1) is 8.83. The number of aromatic amines is 1. The molecule has 1 saturated heterocycles. The molecule has 1 unspecified atom stereocenters. The lowest BCUT2D eigenvalue weighted by molar-refractivity contribution is -0.148. The summed E-state index contributed by atoms with van der Waals surface area (Å²) in [6.45, 7) is 4.28. The van der Waals surface area contributed by atoms with Crippen LogP contribution in [-0.2, 0) is 4.79 Å². The van der Waals surface area contributed by atoms with E-state index in [0.717, 1.165) is 17.3 Å². The van der Waals surface area contributed by atoms with Crippen LogP contribution in [0.3, 0.4) is 0 Å². The molecule has 1 aromatic rings. The number of carbonyl (C=O) groups is 2. The highest BCUT2D eigenvalue weighted by atomic mass is 79.9. The van der Waals surface area contributed by atoms with Gasteiger partial charge >= 0.3 is 5.97 Å². The van der Waals surface area contributed by atoms with E-state index < -0.39 is 17.4 Å². The number of halogens is 1. The first-order valence-corrected chi connectivity index (χ1v) is 7.00. The number of nitrogens with one attached hydrogen (secondary N) is 1. The number of likely N-dealkylation sites (tertiary alicyclic amines) is 1. The fourth-order valence-corrected chi connectivity index (χ4v) is 3.07. The molecular formula is C13H17BrN2O3. The Morgan fingerprint density at radius 2 is 2.21 bits per heavy atom. The van der Waals surface area contributed by atoms with E-state index in [1.54, 1.807) is 12.3 Å². The summed E-state index contributed by atoms with van der Waals surface area (Å²) >= 11 is 3.27. The Balaban J connectivity index is 2.31. The minimum absolute atomic E-state index is 0.258. The Morgan fingerprint density at radius 1 is 1.53 bits per heavy atom. The molecule has 0 radical (unpaired) electrons. The zero-order valence-corrected chi connectivity index (χ0v) is 12.5. The second kappa shape index (κ2) is 5.00. The van der Waals surface area contributed by atoms with Crippen molar-refractivity contribution in [2.75, 3.05) is 6.54 Å². The maximum Gasteiger partial charge on any atom is 0.326 e. The average molecular weight is 329 g/mol. The minimum Gasteiger partial charge on any atom is -0.480 e. The summed E-state index contributed by atoms with van der Waals surface area (Å²) in [4.78, 5) is 28.3. The molecule has 0 saturated carbocycles. The number of hydrogen-bond donors (Lipinski definition) is 2. The van der Waals surface area contributed by atoms with Gasteiger partial charge in [-0.15, -0.1) is 0 Å². The van der Waals surface area contributed by atoms with Crippen molar-refractivity contribution in [2.45, 2.75) is 32.7 Å². The maximum absolute atomic E-state index is 12.4. The predicted octanol–water partition coefficient (Wildman–Crippen LogP) is 2.49. The summed E-state index contributed by atoms with van der Waals surface area (Å²) in [6, 6.07) is 0.888. The molecule has 0 aromatic carbocycles. The van der Waals surface area contributed by atoms with E-state index in [4.69, 9.17) is 0 Å². The summed E-state index contributed by atoms with van der Waals surface area (Å²) in [5.41, 5.74) is -0.000326. The summed E-state index contributed by atoms with van der Waals surface area (Å²) in [6.07, 6.45) is 3.30. The van der Waals surface area contributed by atoms with Crippen LogP contribution in [0.4, 0.5) is 0 Å². The summed E-state index contributed by atoms with van der Waals surface area (Å²) in [7, 11) is 0. The SMILES string of the molecule is CC1(C)CCCN(C(=O)c2cc(Br)c[nH]2)C1C(=O)O. The highest BCUT2D eigenvalue weighted by molar-refractivity contribution is 9.10. The smallest absolute Gasteiger partial charge is 0.326 e. The van der Waals surface area contributed by atoms with E-state index in [2.05, 4.69) is 20.9 Å². The van der Waals surface area contributed by atoms with E-state index in [9.17, 15) is 14.7 Å². The number of carboxylic acid groups (broad SMARTS) is 1. The van der Waals surface area contributed by atoms with Gasteiger partial charge in [0.25, 0.3) is 5.91 Å². The second-order valence-electron chi connectivity index (χ2n) is 5.56. The number of piperidine rings is 1. The standard InChI is InChI=1S/C13H17BrN2O3/c1-13(2)4-3-5-16(10(13)12(18)19)11(17)9-6-8(14)7-15-9/h6-7,10,15H,3-5H2,1-2H3,(H,18,19). The molecule has 1 fully saturated rings. The van der Waals surface area contributed by atoms with E-state index in [1.165, 1.54) is 4.90 Å². The number of aromatic nitrogens is 1. The lowest BCUT2D eigenvalue weighted by Crippen LogP contribution is -2.56. The van der Waals surface area contributed by atoms with E-state index in [1.807, 2.05) is 13.8 Å². The molecule has 2 rings (SSSR count). The van der Waals surface area contributed by atoms with Gasteiger partial charge in [0.15, 0.2) is 0 Å². The third-order valence-electron chi connectivity index (χ3n) is 3.64. The number of rotatable bonds is 2. The van der Waals surface area contributed by atoms with E-state index in [0.29, 0.717) is 12.2 Å². The monoisotopic (exact) mass is 328 g/mol. The molecule has 19 heavy (non-hydrogen) atoms. The molecule has 0 aliphatic carbocycles. The van der Waals surface area contributed by atoms with Crippen LogP contribution in [0, 0.1) is 5.41 Å². The number of amides is 1. The fraction of sp³-hybridized carbons (Fsp3) is 0.538. The Hall–Kier alpha value is -1.30. The molecule has 1 amide bonds. The first kappa shape index (κ1) is 14.1. The molecule has 1 aliphatic rings. The number of aliphatic carboxylic acids is 1. The normalized spacial score (nSPS) is 22.3. The van der Waals surface area contributed by atoms with Crippen LogP contribution in [0.5, 0.6) is 0 Å². The lowest BCUT2D eigenvalue weighted by Gasteiger charge is -2.43. The van der Waals surface area contributed by atoms with Gasteiger partial charge in [-0.3, -0.25) is 4.79 Å². The molecule has 5 nitrogen and oxygen atoms in total. The van der Waals surface area contributed by atoms with Crippen LogP contribution in [0.1, 0.15) is 37.2 Å². The molecule has 1 aliphatic heterocycles. The Morgan fingerprint density at radius 3 is 2.74 bits per heavy atom. The maximum atomic E-state index is 12.4. The van der Waals surface area contributed by atoms with Gasteiger partial charge in [-0.2, -0.15) is 0 Å². The minimum atomic E-state index is -0.941. The topological polar surface area (TPSA) is 73.4 Å². The summed E-state index contributed by atoms with van der Waals surface area (Å²) in [5, 5.41) is 9.43. The van der Waals surface area contributed by atoms with Gasteiger partial charge in [-0.05, 0) is 40.3 Å². The van der Waals surface area contributed by atoms with E-state index in [-0.39, 0.29) is 5.91 Å². The zero-order chi connectivity index (χ0) is 14.2. The van der Waals surface area contributed by atoms with Crippen molar-refractivity contribution in [2.24, 2.45) is 5.41 Å². The third kappa shape index (κ3) is 2.68. The molecule has 1 atom stereocenters. The highest BCUT2D eigenvalue weighted by Gasteiger charge is 2.44. The molecule has 2 N–H and O–H groups in total. The average Bonchev–Trinajstić information content (AvgIpc) is 2.72. The molecule has 1 aromatic heterocycles.